The van der Waals surface area contributed by atoms with Gasteiger partial charge in [0.05, 0.1) is 24.5 Å². The third-order valence-corrected chi connectivity index (χ3v) is 5.72. The predicted molar refractivity (Wildman–Crippen MR) is 126 cm³/mol. The van der Waals surface area contributed by atoms with E-state index in [1.807, 2.05) is 9.80 Å². The van der Waals surface area contributed by atoms with Gasteiger partial charge in [-0.15, -0.1) is 4.99 Å². The summed E-state index contributed by atoms with van der Waals surface area (Å²) in [6.07, 6.45) is 2.09. The molecule has 0 atom stereocenters. The van der Waals surface area contributed by atoms with Crippen LogP contribution in [0.3, 0.4) is 0 Å². The van der Waals surface area contributed by atoms with Crippen molar-refractivity contribution >= 4 is 29.6 Å². The molecule has 0 saturated carbocycles. The van der Waals surface area contributed by atoms with Crippen molar-refractivity contribution in [1.29, 1.82) is 0 Å². The summed E-state index contributed by atoms with van der Waals surface area (Å²) < 4.78 is 25.3. The van der Waals surface area contributed by atoms with E-state index < -0.39 is 17.9 Å². The molecule has 12 nitrogen and oxygen atoms in total. The van der Waals surface area contributed by atoms with Crippen LogP contribution in [0.4, 0.5) is 20.8 Å². The highest BCUT2D eigenvalue weighted by Crippen LogP contribution is 2.24. The summed E-state index contributed by atoms with van der Waals surface area (Å²) in [5, 5.41) is 0. The fraction of sp³-hybridized carbons (Fsp3) is 0.409. The number of benzene rings is 1. The van der Waals surface area contributed by atoms with Gasteiger partial charge in [-0.05, 0) is 6.07 Å². The van der Waals surface area contributed by atoms with E-state index in [0.717, 1.165) is 0 Å². The molecule has 0 radical (unpaired) electrons. The summed E-state index contributed by atoms with van der Waals surface area (Å²) in [4.78, 5) is 41.9. The minimum Gasteiger partial charge on any atom is -0.443 e. The first kappa shape index (κ1) is 24.1. The standard InChI is InChI=1S/C22H27FN8O4/c23-18-15(14-35-22(33)28-20(24)25)2-1-3-17(18)29-4-6-30(7-5-29)19(32)16-12-26-21(27-13-16)31-8-10-34-11-9-31/h1-3,12-13H,4-11,14H2,(H4,24,25,28,33). The van der Waals surface area contributed by atoms with Crippen molar-refractivity contribution in [2.45, 2.75) is 6.61 Å². The number of piperazine rings is 1. The van der Waals surface area contributed by atoms with Crippen LogP contribution in [0.5, 0.6) is 0 Å². The van der Waals surface area contributed by atoms with Crippen LogP contribution in [0.15, 0.2) is 35.6 Å². The van der Waals surface area contributed by atoms with Crippen molar-refractivity contribution in [2.24, 2.45) is 16.5 Å². The Labute approximate surface area is 201 Å². The van der Waals surface area contributed by atoms with E-state index in [-0.39, 0.29) is 18.1 Å². The molecule has 4 rings (SSSR count). The topological polar surface area (TPSA) is 152 Å². The number of halogens is 1. The molecule has 0 spiro atoms. The van der Waals surface area contributed by atoms with E-state index in [1.54, 1.807) is 29.4 Å². The second kappa shape index (κ2) is 11.0. The monoisotopic (exact) mass is 486 g/mol. The van der Waals surface area contributed by atoms with Crippen LogP contribution < -0.4 is 21.3 Å². The number of hydrogen-bond acceptors (Lipinski definition) is 8. The third-order valence-electron chi connectivity index (χ3n) is 5.72. The van der Waals surface area contributed by atoms with Crippen LogP contribution in [0, 0.1) is 5.82 Å². The summed E-state index contributed by atoms with van der Waals surface area (Å²) in [7, 11) is 0. The zero-order valence-electron chi connectivity index (χ0n) is 19.1. The number of ether oxygens (including phenoxy) is 2. The number of anilines is 2. The van der Waals surface area contributed by atoms with E-state index in [9.17, 15) is 9.59 Å². The summed E-state index contributed by atoms with van der Waals surface area (Å²) in [6, 6.07) is 4.83. The lowest BCUT2D eigenvalue weighted by molar-refractivity contribution is 0.0745. The largest absolute Gasteiger partial charge is 0.443 e. The van der Waals surface area contributed by atoms with Crippen LogP contribution in [0.1, 0.15) is 15.9 Å². The number of hydrogen-bond donors (Lipinski definition) is 2. The summed E-state index contributed by atoms with van der Waals surface area (Å²) >= 11 is 0. The first-order valence-corrected chi connectivity index (χ1v) is 11.1. The Bertz CT molecular complexity index is 1080. The Kier molecular flexibility index (Phi) is 7.55. The number of nitrogens with two attached hydrogens (primary N) is 2. The Morgan fingerprint density at radius 3 is 2.37 bits per heavy atom. The van der Waals surface area contributed by atoms with Crippen LogP contribution in [-0.4, -0.2) is 85.3 Å². The molecular weight excluding hydrogens is 459 g/mol. The van der Waals surface area contributed by atoms with Crippen molar-refractivity contribution in [3.05, 3.63) is 47.5 Å². The second-order valence-corrected chi connectivity index (χ2v) is 7.99. The number of carbonyl (C=O) groups excluding carboxylic acids is 2. The van der Waals surface area contributed by atoms with Crippen molar-refractivity contribution in [2.75, 3.05) is 62.3 Å². The molecule has 13 heteroatoms. The van der Waals surface area contributed by atoms with E-state index in [4.69, 9.17) is 20.9 Å². The van der Waals surface area contributed by atoms with Gasteiger partial charge in [0.2, 0.25) is 5.95 Å². The molecule has 2 saturated heterocycles. The molecule has 0 bridgehead atoms. The molecule has 0 aliphatic carbocycles. The molecule has 186 valence electrons. The third kappa shape index (κ3) is 5.93. The van der Waals surface area contributed by atoms with Crippen molar-refractivity contribution < 1.29 is 23.5 Å². The summed E-state index contributed by atoms with van der Waals surface area (Å²) in [6.45, 7) is 4.06. The maximum absolute atomic E-state index is 15.1. The van der Waals surface area contributed by atoms with E-state index in [2.05, 4.69) is 15.0 Å². The van der Waals surface area contributed by atoms with Crippen LogP contribution in [0.2, 0.25) is 0 Å². The molecule has 3 heterocycles. The zero-order valence-corrected chi connectivity index (χ0v) is 19.1. The normalized spacial score (nSPS) is 16.1. The highest BCUT2D eigenvalue weighted by atomic mass is 19.1. The smallest absolute Gasteiger partial charge is 0.437 e. The van der Waals surface area contributed by atoms with Gasteiger partial charge < -0.3 is 35.6 Å². The Morgan fingerprint density at radius 1 is 1.03 bits per heavy atom. The first-order valence-electron chi connectivity index (χ1n) is 11.1. The van der Waals surface area contributed by atoms with E-state index in [0.29, 0.717) is 69.7 Å². The molecule has 2 fully saturated rings. The van der Waals surface area contributed by atoms with Gasteiger partial charge in [-0.25, -0.2) is 19.2 Å². The molecule has 1 aromatic heterocycles. The van der Waals surface area contributed by atoms with Gasteiger partial charge in [0.1, 0.15) is 6.61 Å². The lowest BCUT2D eigenvalue weighted by Gasteiger charge is -2.36. The average Bonchev–Trinajstić information content (AvgIpc) is 2.88. The fourth-order valence-corrected chi connectivity index (χ4v) is 3.89. The van der Waals surface area contributed by atoms with Crippen molar-refractivity contribution in [3.8, 4) is 0 Å². The van der Waals surface area contributed by atoms with Gasteiger partial charge in [-0.2, -0.15) is 0 Å². The maximum Gasteiger partial charge on any atom is 0.437 e. The number of morpholine rings is 1. The SMILES string of the molecule is NC(N)=NC(=O)OCc1cccc(N2CCN(C(=O)c3cnc(N4CCOCC4)nc3)CC2)c1F. The highest BCUT2D eigenvalue weighted by molar-refractivity contribution is 5.94. The molecule has 2 aliphatic heterocycles. The Balaban J connectivity index is 1.34. The minimum absolute atomic E-state index is 0.168. The highest BCUT2D eigenvalue weighted by Gasteiger charge is 2.25. The number of rotatable bonds is 5. The summed E-state index contributed by atoms with van der Waals surface area (Å²) in [5.41, 5.74) is 11.2. The predicted octanol–water partition coefficient (Wildman–Crippen LogP) is 0.325. The molecule has 4 N–H and O–H groups in total. The fourth-order valence-electron chi connectivity index (χ4n) is 3.89. The van der Waals surface area contributed by atoms with Crippen molar-refractivity contribution in [3.63, 3.8) is 0 Å². The van der Waals surface area contributed by atoms with Gasteiger partial charge in [0, 0.05) is 57.2 Å². The minimum atomic E-state index is -0.996. The molecule has 1 aromatic carbocycles. The number of aliphatic imine (C=N–C) groups is 1. The first-order chi connectivity index (χ1) is 16.9. The zero-order chi connectivity index (χ0) is 24.8. The van der Waals surface area contributed by atoms with Gasteiger partial charge in [-0.3, -0.25) is 4.79 Å². The van der Waals surface area contributed by atoms with Gasteiger partial charge in [0.25, 0.3) is 5.91 Å². The molecule has 35 heavy (non-hydrogen) atoms. The lowest BCUT2D eigenvalue weighted by atomic mass is 10.1. The van der Waals surface area contributed by atoms with Crippen LogP contribution >= 0.6 is 0 Å². The Morgan fingerprint density at radius 2 is 1.71 bits per heavy atom. The van der Waals surface area contributed by atoms with E-state index >= 15 is 4.39 Å². The summed E-state index contributed by atoms with van der Waals surface area (Å²) in [5.74, 6) is -0.527. The number of nitrogens with zero attached hydrogens (tertiary/aromatic N) is 6. The molecule has 2 amide bonds. The second-order valence-electron chi connectivity index (χ2n) is 7.99. The number of amides is 2. The molecule has 2 aromatic rings. The molecule has 0 unspecified atom stereocenters. The van der Waals surface area contributed by atoms with Gasteiger partial charge in [0.15, 0.2) is 11.8 Å². The van der Waals surface area contributed by atoms with Crippen LogP contribution in [0.25, 0.3) is 0 Å². The molecular formula is C22H27FN8O4. The number of carbonyl (C=O) groups is 2. The van der Waals surface area contributed by atoms with Crippen LogP contribution in [-0.2, 0) is 16.1 Å². The molecule has 2 aliphatic rings. The van der Waals surface area contributed by atoms with Gasteiger partial charge in [-0.1, -0.05) is 12.1 Å². The lowest BCUT2D eigenvalue weighted by Crippen LogP contribution is -2.49. The van der Waals surface area contributed by atoms with Gasteiger partial charge >= 0.3 is 6.09 Å². The Hall–Kier alpha value is -4.00. The van der Waals surface area contributed by atoms with Crippen molar-refractivity contribution in [1.82, 2.24) is 14.9 Å². The number of aromatic nitrogens is 2. The number of guanidine groups is 1. The average molecular weight is 487 g/mol. The quantitative estimate of drug-likeness (QED) is 0.446. The van der Waals surface area contributed by atoms with E-state index in [1.165, 1.54) is 6.07 Å². The maximum atomic E-state index is 15.1.